The van der Waals surface area contributed by atoms with Crippen molar-refractivity contribution in [2.45, 2.75) is 64.0 Å². The van der Waals surface area contributed by atoms with Gasteiger partial charge in [-0.3, -0.25) is 4.79 Å². The van der Waals surface area contributed by atoms with Gasteiger partial charge in [-0.15, -0.1) is 10.2 Å². The molecule has 0 atom stereocenters. The van der Waals surface area contributed by atoms with Gasteiger partial charge < -0.3 is 20.1 Å². The van der Waals surface area contributed by atoms with Gasteiger partial charge in [0.1, 0.15) is 5.82 Å². The van der Waals surface area contributed by atoms with Crippen molar-refractivity contribution in [1.82, 2.24) is 25.0 Å². The van der Waals surface area contributed by atoms with E-state index in [9.17, 15) is 9.59 Å². The number of fused-ring (bicyclic) bond motifs is 1. The summed E-state index contributed by atoms with van der Waals surface area (Å²) in [4.78, 5) is 26.9. The summed E-state index contributed by atoms with van der Waals surface area (Å²) in [5.41, 5.74) is 1.76. The Bertz CT molecular complexity index is 959. The van der Waals surface area contributed by atoms with Crippen molar-refractivity contribution in [1.29, 1.82) is 0 Å². The van der Waals surface area contributed by atoms with Gasteiger partial charge in [-0.05, 0) is 50.7 Å². The molecule has 31 heavy (non-hydrogen) atoms. The number of amides is 3. The van der Waals surface area contributed by atoms with Crippen molar-refractivity contribution in [3.63, 3.8) is 0 Å². The molecule has 2 N–H and O–H groups in total. The molecule has 5 rings (SSSR count). The van der Waals surface area contributed by atoms with Crippen molar-refractivity contribution in [3.8, 4) is 11.4 Å². The maximum Gasteiger partial charge on any atom is 0.317 e. The highest BCUT2D eigenvalue weighted by Gasteiger charge is 2.30. The van der Waals surface area contributed by atoms with Gasteiger partial charge in [-0.25, -0.2) is 4.79 Å². The van der Waals surface area contributed by atoms with Gasteiger partial charge >= 0.3 is 6.03 Å². The van der Waals surface area contributed by atoms with Crippen LogP contribution in [0.5, 0.6) is 0 Å². The summed E-state index contributed by atoms with van der Waals surface area (Å²) in [6.45, 7) is 2.20. The van der Waals surface area contributed by atoms with Gasteiger partial charge in [0, 0.05) is 49.3 Å². The minimum absolute atomic E-state index is 0.0153. The first-order valence-corrected chi connectivity index (χ1v) is 11.6. The number of nitrogens with one attached hydrogen (secondary N) is 2. The molecule has 0 bridgehead atoms. The van der Waals surface area contributed by atoms with Gasteiger partial charge in [-0.2, -0.15) is 0 Å². The summed E-state index contributed by atoms with van der Waals surface area (Å²) >= 11 is 0. The maximum atomic E-state index is 12.8. The Balaban J connectivity index is 1.21. The molecule has 1 aromatic carbocycles. The summed E-state index contributed by atoms with van der Waals surface area (Å²) in [5, 5.41) is 14.9. The quantitative estimate of drug-likeness (QED) is 0.791. The zero-order valence-corrected chi connectivity index (χ0v) is 17.8. The van der Waals surface area contributed by atoms with Crippen LogP contribution in [0.15, 0.2) is 24.3 Å². The molecule has 2 aliphatic heterocycles. The van der Waals surface area contributed by atoms with Gasteiger partial charge in [0.15, 0.2) is 5.82 Å². The Morgan fingerprint density at radius 1 is 0.968 bits per heavy atom. The molecule has 0 spiro atoms. The van der Waals surface area contributed by atoms with Gasteiger partial charge in [0.05, 0.1) is 0 Å². The maximum absolute atomic E-state index is 12.8. The van der Waals surface area contributed by atoms with Gasteiger partial charge in [0.25, 0.3) is 0 Å². The summed E-state index contributed by atoms with van der Waals surface area (Å²) in [7, 11) is 0. The first-order chi connectivity index (χ1) is 15.2. The van der Waals surface area contributed by atoms with Crippen LogP contribution in [0.4, 0.5) is 10.5 Å². The first-order valence-electron chi connectivity index (χ1n) is 11.6. The third kappa shape index (κ3) is 4.57. The molecule has 2 fully saturated rings. The van der Waals surface area contributed by atoms with E-state index in [2.05, 4.69) is 25.4 Å². The molecule has 0 unspecified atom stereocenters. The normalized spacial score (nSPS) is 19.4. The summed E-state index contributed by atoms with van der Waals surface area (Å²) in [6, 6.07) is 8.25. The van der Waals surface area contributed by atoms with Gasteiger partial charge in [-0.1, -0.05) is 18.6 Å². The Morgan fingerprint density at radius 2 is 1.81 bits per heavy atom. The summed E-state index contributed by atoms with van der Waals surface area (Å²) in [6.07, 6.45) is 8.06. The van der Waals surface area contributed by atoms with Crippen LogP contribution in [0.2, 0.25) is 0 Å². The predicted molar refractivity (Wildman–Crippen MR) is 117 cm³/mol. The number of hydrogen-bond donors (Lipinski definition) is 2. The van der Waals surface area contributed by atoms with Crippen LogP contribution in [0, 0.1) is 5.92 Å². The molecule has 1 aromatic heterocycles. The Kier molecular flexibility index (Phi) is 5.61. The fraction of sp³-hybridized carbons (Fsp3) is 0.565. The minimum Gasteiger partial charge on any atom is -0.335 e. The van der Waals surface area contributed by atoms with Crippen molar-refractivity contribution in [2.75, 3.05) is 18.4 Å². The average Bonchev–Trinajstić information content (AvgIpc) is 3.56. The van der Waals surface area contributed by atoms with Crippen molar-refractivity contribution in [3.05, 3.63) is 30.1 Å². The summed E-state index contributed by atoms with van der Waals surface area (Å²) < 4.78 is 2.22. The smallest absolute Gasteiger partial charge is 0.317 e. The SMILES string of the molecule is O=C(Nc1cccc(-c2nnc3n2CCCCC3)c1)C1CCN(C(=O)NC2CC2)CC1. The number of carbonyl (C=O) groups excluding carboxylic acids is 2. The number of likely N-dealkylation sites (tertiary alicyclic amines) is 1. The van der Waals surface area contributed by atoms with Crippen LogP contribution in [0.3, 0.4) is 0 Å². The lowest BCUT2D eigenvalue weighted by Gasteiger charge is -2.31. The van der Waals surface area contributed by atoms with Crippen molar-refractivity contribution >= 4 is 17.6 Å². The van der Waals surface area contributed by atoms with Crippen LogP contribution >= 0.6 is 0 Å². The molecular formula is C23H30N6O2. The molecule has 8 heteroatoms. The van der Waals surface area contributed by atoms with Gasteiger partial charge in [0.2, 0.25) is 5.91 Å². The number of aryl methyl sites for hydroxylation is 1. The Labute approximate surface area is 182 Å². The second-order valence-corrected chi connectivity index (χ2v) is 8.96. The average molecular weight is 423 g/mol. The standard InChI is InChI=1S/C23H30N6O2/c30-22(16-10-13-28(14-11-16)23(31)25-18-8-9-18)24-19-6-4-5-17(15-19)21-27-26-20-7-2-1-3-12-29(20)21/h4-6,15-16,18H,1-3,7-14H2,(H,24,30)(H,25,31). The van der Waals surface area contributed by atoms with E-state index in [1.54, 1.807) is 0 Å². The Hall–Kier alpha value is -2.90. The monoisotopic (exact) mass is 422 g/mol. The molecule has 3 amide bonds. The first kappa shape index (κ1) is 20.0. The number of carbonyl (C=O) groups is 2. The lowest BCUT2D eigenvalue weighted by atomic mass is 9.96. The number of hydrogen-bond acceptors (Lipinski definition) is 4. The molecule has 8 nitrogen and oxygen atoms in total. The lowest BCUT2D eigenvalue weighted by molar-refractivity contribution is -0.121. The van der Waals surface area contributed by atoms with Crippen LogP contribution < -0.4 is 10.6 Å². The fourth-order valence-electron chi connectivity index (χ4n) is 4.52. The van der Waals surface area contributed by atoms with E-state index < -0.39 is 0 Å². The molecule has 3 aliphatic rings. The van der Waals surface area contributed by atoms with Crippen LogP contribution in [-0.4, -0.2) is 50.7 Å². The highest BCUT2D eigenvalue weighted by atomic mass is 16.2. The minimum atomic E-state index is -0.0713. The zero-order chi connectivity index (χ0) is 21.2. The van der Waals surface area contributed by atoms with E-state index in [1.807, 2.05) is 29.2 Å². The van der Waals surface area contributed by atoms with Crippen LogP contribution in [0.25, 0.3) is 11.4 Å². The van der Waals surface area contributed by atoms with Crippen molar-refractivity contribution < 1.29 is 9.59 Å². The zero-order valence-electron chi connectivity index (χ0n) is 17.8. The summed E-state index contributed by atoms with van der Waals surface area (Å²) in [5.74, 6) is 1.89. The predicted octanol–water partition coefficient (Wildman–Crippen LogP) is 3.19. The second-order valence-electron chi connectivity index (χ2n) is 8.96. The van der Waals surface area contributed by atoms with E-state index in [0.717, 1.165) is 61.5 Å². The molecule has 1 saturated heterocycles. The van der Waals surface area contributed by atoms with Crippen molar-refractivity contribution in [2.24, 2.45) is 5.92 Å². The number of nitrogens with zero attached hydrogens (tertiary/aromatic N) is 4. The fourth-order valence-corrected chi connectivity index (χ4v) is 4.52. The Morgan fingerprint density at radius 3 is 2.61 bits per heavy atom. The van der Waals surface area contributed by atoms with Crippen LogP contribution in [0.1, 0.15) is 50.8 Å². The number of rotatable bonds is 4. The third-order valence-corrected chi connectivity index (χ3v) is 6.56. The lowest BCUT2D eigenvalue weighted by Crippen LogP contribution is -2.46. The molecular weight excluding hydrogens is 392 g/mol. The third-order valence-electron chi connectivity index (χ3n) is 6.56. The van der Waals surface area contributed by atoms with E-state index in [0.29, 0.717) is 32.0 Å². The topological polar surface area (TPSA) is 92.2 Å². The van der Waals surface area contributed by atoms with E-state index >= 15 is 0 Å². The molecule has 2 aromatic rings. The highest BCUT2D eigenvalue weighted by molar-refractivity contribution is 5.93. The number of aromatic nitrogens is 3. The molecule has 0 radical (unpaired) electrons. The molecule has 1 saturated carbocycles. The molecule has 164 valence electrons. The molecule has 1 aliphatic carbocycles. The van der Waals surface area contributed by atoms with E-state index in [1.165, 1.54) is 6.42 Å². The largest absolute Gasteiger partial charge is 0.335 e. The number of piperidine rings is 1. The van der Waals surface area contributed by atoms with E-state index in [4.69, 9.17) is 0 Å². The molecule has 3 heterocycles. The second kappa shape index (κ2) is 8.69. The number of anilines is 1. The highest BCUT2D eigenvalue weighted by Crippen LogP contribution is 2.26. The number of urea groups is 1. The van der Waals surface area contributed by atoms with E-state index in [-0.39, 0.29) is 17.9 Å². The van der Waals surface area contributed by atoms with Crippen LogP contribution in [-0.2, 0) is 17.8 Å². The number of benzene rings is 1.